The molecule has 6 heteroatoms. The topological polar surface area (TPSA) is 46.6 Å². The molecule has 1 aliphatic rings. The molecule has 0 spiro atoms. The van der Waals surface area contributed by atoms with Crippen molar-refractivity contribution in [3.63, 3.8) is 0 Å². The predicted octanol–water partition coefficient (Wildman–Crippen LogP) is 4.88. The molecular formula is C19H22ClNO3S. The van der Waals surface area contributed by atoms with E-state index < -0.39 is 10.0 Å². The summed E-state index contributed by atoms with van der Waals surface area (Å²) in [5.74, 6) is 0.788. The Hall–Kier alpha value is -1.72. The quantitative estimate of drug-likeness (QED) is 0.718. The second-order valence-corrected chi connectivity index (χ2v) is 8.44. The van der Waals surface area contributed by atoms with Crippen LogP contribution in [0.15, 0.2) is 53.4 Å². The van der Waals surface area contributed by atoms with Crippen LogP contribution in [0.4, 0.5) is 5.69 Å². The number of ether oxygens (including phenoxy) is 1. The Kier molecular flexibility index (Phi) is 5.54. The van der Waals surface area contributed by atoms with Crippen LogP contribution in [0.25, 0.3) is 0 Å². The lowest BCUT2D eigenvalue weighted by atomic mass is 10.2. The Bertz CT molecular complexity index is 798. The number of benzene rings is 2. The van der Waals surface area contributed by atoms with Crippen LogP contribution in [0.2, 0.25) is 5.02 Å². The fraction of sp³-hybridized carbons (Fsp3) is 0.368. The van der Waals surface area contributed by atoms with E-state index >= 15 is 0 Å². The highest BCUT2D eigenvalue weighted by molar-refractivity contribution is 7.92. The molecule has 1 fully saturated rings. The summed E-state index contributed by atoms with van der Waals surface area (Å²) in [4.78, 5) is 0.227. The third-order valence-electron chi connectivity index (χ3n) is 4.42. The summed E-state index contributed by atoms with van der Waals surface area (Å²) in [5, 5.41) is 0.510. The zero-order chi connectivity index (χ0) is 17.9. The highest BCUT2D eigenvalue weighted by atomic mass is 35.5. The molecule has 2 aromatic rings. The summed E-state index contributed by atoms with van der Waals surface area (Å²) in [6.07, 6.45) is 4.89. The molecule has 0 amide bonds. The van der Waals surface area contributed by atoms with Gasteiger partial charge in [-0.05, 0) is 81.1 Å². The number of hydrogen-bond donors (Lipinski definition) is 0. The molecule has 0 saturated heterocycles. The van der Waals surface area contributed by atoms with Crippen LogP contribution in [-0.2, 0) is 10.0 Å². The van der Waals surface area contributed by atoms with E-state index in [1.807, 2.05) is 19.1 Å². The molecule has 0 heterocycles. The van der Waals surface area contributed by atoms with Crippen molar-refractivity contribution in [2.45, 2.75) is 43.6 Å². The van der Waals surface area contributed by atoms with Crippen LogP contribution in [-0.4, -0.2) is 21.1 Å². The molecule has 134 valence electrons. The monoisotopic (exact) mass is 379 g/mol. The average Bonchev–Trinajstić information content (AvgIpc) is 3.10. The molecule has 0 atom stereocenters. The fourth-order valence-corrected chi connectivity index (χ4v) is 4.71. The van der Waals surface area contributed by atoms with Gasteiger partial charge in [0.05, 0.1) is 16.7 Å². The average molecular weight is 380 g/mol. The van der Waals surface area contributed by atoms with E-state index in [0.717, 1.165) is 18.6 Å². The van der Waals surface area contributed by atoms with Gasteiger partial charge in [-0.1, -0.05) is 11.6 Å². The van der Waals surface area contributed by atoms with Crippen molar-refractivity contribution in [2.24, 2.45) is 0 Å². The zero-order valence-electron chi connectivity index (χ0n) is 14.2. The Morgan fingerprint density at radius 3 is 2.20 bits per heavy atom. The van der Waals surface area contributed by atoms with Crippen LogP contribution in [0.5, 0.6) is 5.75 Å². The molecule has 4 nitrogen and oxygen atoms in total. The van der Waals surface area contributed by atoms with Crippen molar-refractivity contribution >= 4 is 27.3 Å². The van der Waals surface area contributed by atoms with E-state index in [-0.39, 0.29) is 11.0 Å². The highest BCUT2D eigenvalue weighted by Crippen LogP contribution is 2.28. The minimum absolute atomic E-state index is 0.227. The molecule has 0 aliphatic heterocycles. The smallest absolute Gasteiger partial charge is 0.264 e. The Balaban J connectivity index is 1.81. The minimum Gasteiger partial charge on any atom is -0.490 e. The van der Waals surface area contributed by atoms with Crippen molar-refractivity contribution in [3.8, 4) is 5.75 Å². The van der Waals surface area contributed by atoms with Crippen LogP contribution in [0, 0.1) is 0 Å². The standard InChI is InChI=1S/C19H22ClNO3S/c1-2-21(25(22,23)19-13-7-15(20)8-14-19)16-9-11-18(12-10-16)24-17-5-3-4-6-17/h7-14,17H,2-6H2,1H3. The third-order valence-corrected chi connectivity index (χ3v) is 6.59. The lowest BCUT2D eigenvalue weighted by molar-refractivity contribution is 0.210. The van der Waals surface area contributed by atoms with Gasteiger partial charge in [-0.2, -0.15) is 0 Å². The van der Waals surface area contributed by atoms with Gasteiger partial charge >= 0.3 is 0 Å². The predicted molar refractivity (Wildman–Crippen MR) is 101 cm³/mol. The number of nitrogens with zero attached hydrogens (tertiary/aromatic N) is 1. The van der Waals surface area contributed by atoms with Gasteiger partial charge in [0.15, 0.2) is 0 Å². The lowest BCUT2D eigenvalue weighted by Crippen LogP contribution is -2.30. The van der Waals surface area contributed by atoms with E-state index in [2.05, 4.69) is 0 Å². The van der Waals surface area contributed by atoms with E-state index in [4.69, 9.17) is 16.3 Å². The Morgan fingerprint density at radius 2 is 1.64 bits per heavy atom. The van der Waals surface area contributed by atoms with Crippen molar-refractivity contribution in [2.75, 3.05) is 10.8 Å². The normalized spacial score (nSPS) is 15.3. The van der Waals surface area contributed by atoms with Gasteiger partial charge in [0, 0.05) is 11.6 Å². The molecule has 1 saturated carbocycles. The highest BCUT2D eigenvalue weighted by Gasteiger charge is 2.24. The van der Waals surface area contributed by atoms with Crippen LogP contribution < -0.4 is 9.04 Å². The largest absolute Gasteiger partial charge is 0.490 e. The molecule has 3 rings (SSSR count). The van der Waals surface area contributed by atoms with Crippen molar-refractivity contribution < 1.29 is 13.2 Å². The van der Waals surface area contributed by atoms with Crippen molar-refractivity contribution in [1.29, 1.82) is 0 Å². The van der Waals surface area contributed by atoms with Crippen molar-refractivity contribution in [1.82, 2.24) is 0 Å². The third kappa shape index (κ3) is 4.10. The first kappa shape index (κ1) is 18.1. The van der Waals surface area contributed by atoms with Gasteiger partial charge in [-0.25, -0.2) is 8.42 Å². The molecule has 0 bridgehead atoms. The first-order chi connectivity index (χ1) is 12.0. The maximum atomic E-state index is 12.9. The molecular weight excluding hydrogens is 358 g/mol. The first-order valence-electron chi connectivity index (χ1n) is 8.56. The molecule has 1 aliphatic carbocycles. The molecule has 0 radical (unpaired) electrons. The zero-order valence-corrected chi connectivity index (χ0v) is 15.8. The SMILES string of the molecule is CCN(c1ccc(OC2CCCC2)cc1)S(=O)(=O)c1ccc(Cl)cc1. The minimum atomic E-state index is -3.62. The molecule has 0 unspecified atom stereocenters. The summed E-state index contributed by atoms with van der Waals surface area (Å²) in [6, 6.07) is 13.5. The van der Waals surface area contributed by atoms with Crippen LogP contribution in [0.1, 0.15) is 32.6 Å². The van der Waals surface area contributed by atoms with Crippen LogP contribution in [0.3, 0.4) is 0 Å². The second kappa shape index (κ2) is 7.67. The number of sulfonamides is 1. The van der Waals surface area contributed by atoms with Gasteiger partial charge in [0.2, 0.25) is 0 Å². The molecule has 2 aromatic carbocycles. The van der Waals surface area contributed by atoms with E-state index in [0.29, 0.717) is 17.3 Å². The number of anilines is 1. The molecule has 25 heavy (non-hydrogen) atoms. The number of rotatable bonds is 6. The summed E-state index contributed by atoms with van der Waals surface area (Å²) < 4.78 is 33.1. The summed E-state index contributed by atoms with van der Waals surface area (Å²) in [5.41, 5.74) is 0.622. The van der Waals surface area contributed by atoms with Gasteiger partial charge in [0.25, 0.3) is 10.0 Å². The lowest BCUT2D eigenvalue weighted by Gasteiger charge is -2.23. The maximum absolute atomic E-state index is 12.9. The molecule has 0 N–H and O–H groups in total. The first-order valence-corrected chi connectivity index (χ1v) is 10.4. The van der Waals surface area contributed by atoms with E-state index in [9.17, 15) is 8.42 Å². The van der Waals surface area contributed by atoms with Gasteiger partial charge in [-0.15, -0.1) is 0 Å². The number of hydrogen-bond acceptors (Lipinski definition) is 3. The van der Waals surface area contributed by atoms with E-state index in [1.54, 1.807) is 24.3 Å². The Morgan fingerprint density at radius 1 is 1.04 bits per heavy atom. The summed E-state index contributed by atoms with van der Waals surface area (Å²) in [7, 11) is -3.62. The van der Waals surface area contributed by atoms with Gasteiger partial charge < -0.3 is 4.74 Å². The van der Waals surface area contributed by atoms with E-state index in [1.165, 1.54) is 29.3 Å². The number of halogens is 1. The van der Waals surface area contributed by atoms with Gasteiger partial charge in [0.1, 0.15) is 5.75 Å². The van der Waals surface area contributed by atoms with Crippen molar-refractivity contribution in [3.05, 3.63) is 53.6 Å². The Labute approximate surface area is 154 Å². The summed E-state index contributed by atoms with van der Waals surface area (Å²) >= 11 is 5.86. The second-order valence-electron chi connectivity index (χ2n) is 6.14. The maximum Gasteiger partial charge on any atom is 0.264 e. The van der Waals surface area contributed by atoms with Gasteiger partial charge in [-0.3, -0.25) is 4.31 Å². The van der Waals surface area contributed by atoms with Crippen LogP contribution >= 0.6 is 11.6 Å². The molecule has 0 aromatic heterocycles. The summed E-state index contributed by atoms with van der Waals surface area (Å²) in [6.45, 7) is 2.16. The fourth-order valence-electron chi connectivity index (χ4n) is 3.11.